The molecule has 0 fully saturated rings. The van der Waals surface area contributed by atoms with Gasteiger partial charge in [-0.15, -0.1) is 24.0 Å². The van der Waals surface area contributed by atoms with Gasteiger partial charge in [-0.3, -0.25) is 9.88 Å². The molecule has 142 valence electrons. The molecule has 0 spiro atoms. The van der Waals surface area contributed by atoms with Crippen molar-refractivity contribution in [1.29, 1.82) is 0 Å². The van der Waals surface area contributed by atoms with Crippen LogP contribution in [-0.4, -0.2) is 42.0 Å². The fourth-order valence-electron chi connectivity index (χ4n) is 2.42. The molecule has 0 aliphatic carbocycles. The summed E-state index contributed by atoms with van der Waals surface area (Å²) in [6.07, 6.45) is 1.80. The number of aliphatic imine (C=N–C) groups is 1. The van der Waals surface area contributed by atoms with Crippen LogP contribution in [0.1, 0.15) is 25.1 Å². The second kappa shape index (κ2) is 12.6. The third-order valence-corrected chi connectivity index (χ3v) is 4.06. The Morgan fingerprint density at radius 1 is 1.12 bits per heavy atom. The summed E-state index contributed by atoms with van der Waals surface area (Å²) < 4.78 is 0. The molecule has 0 aliphatic heterocycles. The molecule has 1 heterocycles. The van der Waals surface area contributed by atoms with Crippen molar-refractivity contribution in [3.05, 3.63) is 66.0 Å². The van der Waals surface area contributed by atoms with Crippen molar-refractivity contribution in [2.45, 2.75) is 33.0 Å². The van der Waals surface area contributed by atoms with Crippen LogP contribution < -0.4 is 10.6 Å². The van der Waals surface area contributed by atoms with Crippen LogP contribution >= 0.6 is 24.0 Å². The van der Waals surface area contributed by atoms with Crippen LogP contribution in [0.2, 0.25) is 0 Å². The number of nitrogens with zero attached hydrogens (tertiary/aromatic N) is 3. The van der Waals surface area contributed by atoms with Gasteiger partial charge in [0.15, 0.2) is 5.96 Å². The first-order valence-electron chi connectivity index (χ1n) is 8.85. The van der Waals surface area contributed by atoms with Gasteiger partial charge < -0.3 is 10.6 Å². The zero-order chi connectivity index (χ0) is 17.9. The van der Waals surface area contributed by atoms with E-state index in [0.29, 0.717) is 12.6 Å². The van der Waals surface area contributed by atoms with Gasteiger partial charge in [-0.25, -0.2) is 4.99 Å². The van der Waals surface area contributed by atoms with Crippen LogP contribution in [0.15, 0.2) is 59.7 Å². The van der Waals surface area contributed by atoms with E-state index in [1.807, 2.05) is 18.2 Å². The first-order chi connectivity index (χ1) is 12.2. The number of likely N-dealkylation sites (N-methyl/N-ethyl adjacent to an activating group) is 1. The third-order valence-electron chi connectivity index (χ3n) is 4.06. The van der Waals surface area contributed by atoms with Crippen molar-refractivity contribution in [3.8, 4) is 0 Å². The van der Waals surface area contributed by atoms with Crippen LogP contribution in [0.3, 0.4) is 0 Å². The number of hydrogen-bond acceptors (Lipinski definition) is 3. The molecule has 0 amide bonds. The highest BCUT2D eigenvalue weighted by molar-refractivity contribution is 14.0. The average Bonchev–Trinajstić information content (AvgIpc) is 2.65. The number of hydrogen-bond donors (Lipinski definition) is 2. The third kappa shape index (κ3) is 8.14. The number of halogens is 1. The minimum atomic E-state index is 0. The fourth-order valence-corrected chi connectivity index (χ4v) is 2.42. The minimum absolute atomic E-state index is 0. The van der Waals surface area contributed by atoms with Crippen molar-refractivity contribution in [2.24, 2.45) is 4.99 Å². The number of pyridine rings is 1. The largest absolute Gasteiger partial charge is 0.357 e. The van der Waals surface area contributed by atoms with Crippen LogP contribution in [0.25, 0.3) is 0 Å². The highest BCUT2D eigenvalue weighted by Gasteiger charge is 2.10. The smallest absolute Gasteiger partial charge is 0.191 e. The van der Waals surface area contributed by atoms with Gasteiger partial charge in [0.05, 0.1) is 12.2 Å². The average molecular weight is 467 g/mol. The number of aromatic nitrogens is 1. The molecule has 26 heavy (non-hydrogen) atoms. The van der Waals surface area contributed by atoms with E-state index < -0.39 is 0 Å². The maximum Gasteiger partial charge on any atom is 0.191 e. The summed E-state index contributed by atoms with van der Waals surface area (Å²) in [5.41, 5.74) is 2.29. The standard InChI is InChI=1S/C20H29N5.HI/c1-4-21-20(24-15-19-12-8-9-13-22-19)23-14-17(2)25(3)16-18-10-6-5-7-11-18;/h5-13,17H,4,14-16H2,1-3H3,(H2,21,23,24);1H. The summed E-state index contributed by atoms with van der Waals surface area (Å²) in [5.74, 6) is 0.827. The molecule has 2 N–H and O–H groups in total. The lowest BCUT2D eigenvalue weighted by molar-refractivity contribution is 0.249. The summed E-state index contributed by atoms with van der Waals surface area (Å²) in [7, 11) is 2.15. The second-order valence-electron chi connectivity index (χ2n) is 6.15. The predicted octanol–water partition coefficient (Wildman–Crippen LogP) is 3.28. The lowest BCUT2D eigenvalue weighted by Gasteiger charge is -2.25. The number of rotatable bonds is 8. The number of benzene rings is 1. The summed E-state index contributed by atoms with van der Waals surface area (Å²) in [6.45, 7) is 7.47. The summed E-state index contributed by atoms with van der Waals surface area (Å²) in [6, 6.07) is 16.8. The molecule has 1 aromatic carbocycles. The molecule has 2 aromatic rings. The molecule has 1 aromatic heterocycles. The van der Waals surface area contributed by atoms with Crippen molar-refractivity contribution in [2.75, 3.05) is 20.1 Å². The Morgan fingerprint density at radius 3 is 2.50 bits per heavy atom. The van der Waals surface area contributed by atoms with Gasteiger partial charge in [-0.2, -0.15) is 0 Å². The second-order valence-corrected chi connectivity index (χ2v) is 6.15. The van der Waals surface area contributed by atoms with Gasteiger partial charge in [-0.1, -0.05) is 36.4 Å². The van der Waals surface area contributed by atoms with Gasteiger partial charge >= 0.3 is 0 Å². The van der Waals surface area contributed by atoms with Gasteiger partial charge in [0.1, 0.15) is 0 Å². The number of guanidine groups is 1. The predicted molar refractivity (Wildman–Crippen MR) is 120 cm³/mol. The maximum atomic E-state index is 4.61. The zero-order valence-corrected chi connectivity index (χ0v) is 18.2. The van der Waals surface area contributed by atoms with E-state index in [1.54, 1.807) is 6.20 Å². The van der Waals surface area contributed by atoms with E-state index in [-0.39, 0.29) is 24.0 Å². The van der Waals surface area contributed by atoms with Crippen LogP contribution in [0.5, 0.6) is 0 Å². The van der Waals surface area contributed by atoms with E-state index in [9.17, 15) is 0 Å². The molecule has 0 aliphatic rings. The van der Waals surface area contributed by atoms with Crippen molar-refractivity contribution in [1.82, 2.24) is 20.5 Å². The summed E-state index contributed by atoms with van der Waals surface area (Å²) in [4.78, 5) is 11.3. The molecule has 5 nitrogen and oxygen atoms in total. The Labute approximate surface area is 174 Å². The van der Waals surface area contributed by atoms with Crippen LogP contribution in [0.4, 0.5) is 0 Å². The SMILES string of the molecule is CCNC(=NCc1ccccn1)NCC(C)N(C)Cc1ccccc1.I. The van der Waals surface area contributed by atoms with Gasteiger partial charge in [0.2, 0.25) is 0 Å². The van der Waals surface area contributed by atoms with Gasteiger partial charge in [0, 0.05) is 31.9 Å². The van der Waals surface area contributed by atoms with Crippen molar-refractivity contribution in [3.63, 3.8) is 0 Å². The first-order valence-corrected chi connectivity index (χ1v) is 8.85. The van der Waals surface area contributed by atoms with Crippen LogP contribution in [0, 0.1) is 0 Å². The molecule has 6 heteroatoms. The molecule has 1 atom stereocenters. The Kier molecular flexibility index (Phi) is 10.9. The number of nitrogens with one attached hydrogen (secondary N) is 2. The molecule has 2 rings (SSSR count). The molecule has 0 saturated carbocycles. The molecular weight excluding hydrogens is 437 g/mol. The van der Waals surface area contributed by atoms with E-state index in [1.165, 1.54) is 5.56 Å². The van der Waals surface area contributed by atoms with Gasteiger partial charge in [-0.05, 0) is 38.6 Å². The Bertz CT molecular complexity index is 633. The highest BCUT2D eigenvalue weighted by Crippen LogP contribution is 2.05. The molecule has 0 bridgehead atoms. The van der Waals surface area contributed by atoms with E-state index in [0.717, 1.165) is 31.3 Å². The van der Waals surface area contributed by atoms with Crippen LogP contribution in [-0.2, 0) is 13.1 Å². The Balaban J connectivity index is 0.00000338. The molecule has 1 unspecified atom stereocenters. The highest BCUT2D eigenvalue weighted by atomic mass is 127. The maximum absolute atomic E-state index is 4.61. The molecule has 0 saturated heterocycles. The lowest BCUT2D eigenvalue weighted by atomic mass is 10.2. The van der Waals surface area contributed by atoms with E-state index in [4.69, 9.17) is 0 Å². The monoisotopic (exact) mass is 467 g/mol. The summed E-state index contributed by atoms with van der Waals surface area (Å²) in [5, 5.41) is 6.72. The molecular formula is C20H30IN5. The van der Waals surface area contributed by atoms with Crippen molar-refractivity contribution >= 4 is 29.9 Å². The topological polar surface area (TPSA) is 52.6 Å². The normalized spacial score (nSPS) is 12.4. The van der Waals surface area contributed by atoms with E-state index in [2.05, 4.69) is 76.7 Å². The lowest BCUT2D eigenvalue weighted by Crippen LogP contribution is -2.44. The first kappa shape index (κ1) is 22.4. The minimum Gasteiger partial charge on any atom is -0.357 e. The van der Waals surface area contributed by atoms with Crippen molar-refractivity contribution < 1.29 is 0 Å². The zero-order valence-electron chi connectivity index (χ0n) is 15.9. The fraction of sp³-hybridized carbons (Fsp3) is 0.400. The summed E-state index contributed by atoms with van der Waals surface area (Å²) >= 11 is 0. The quantitative estimate of drug-likeness (QED) is 0.356. The van der Waals surface area contributed by atoms with Gasteiger partial charge in [0.25, 0.3) is 0 Å². The Morgan fingerprint density at radius 2 is 1.85 bits per heavy atom. The Hall–Kier alpha value is -1.67. The molecule has 0 radical (unpaired) electrons. The van der Waals surface area contributed by atoms with E-state index >= 15 is 0 Å².